The summed E-state index contributed by atoms with van der Waals surface area (Å²) >= 11 is 15.6. The molecular formula is C22H14BrCl2NO. The lowest BCUT2D eigenvalue weighted by Crippen LogP contribution is -1.98. The molecule has 27 heavy (non-hydrogen) atoms. The van der Waals surface area contributed by atoms with Crippen LogP contribution in [0.1, 0.15) is 16.7 Å². The van der Waals surface area contributed by atoms with Crippen LogP contribution in [0.5, 0.6) is 5.75 Å². The molecule has 0 bridgehead atoms. The molecule has 0 aliphatic carbocycles. The van der Waals surface area contributed by atoms with Gasteiger partial charge in [-0.2, -0.15) is 5.26 Å². The summed E-state index contributed by atoms with van der Waals surface area (Å²) in [5.74, 6) is 0.667. The molecule has 0 saturated carbocycles. The molecule has 3 aromatic rings. The van der Waals surface area contributed by atoms with Gasteiger partial charge in [-0.05, 0) is 48.0 Å². The van der Waals surface area contributed by atoms with Crippen molar-refractivity contribution in [3.05, 3.63) is 97.9 Å². The van der Waals surface area contributed by atoms with Crippen LogP contribution in [-0.2, 0) is 6.61 Å². The first kappa shape index (κ1) is 19.5. The molecule has 0 aliphatic heterocycles. The Morgan fingerprint density at radius 1 is 1.04 bits per heavy atom. The zero-order valence-electron chi connectivity index (χ0n) is 14.1. The second kappa shape index (κ2) is 9.10. The van der Waals surface area contributed by atoms with Crippen molar-refractivity contribution in [3.63, 3.8) is 0 Å². The van der Waals surface area contributed by atoms with Gasteiger partial charge in [-0.1, -0.05) is 69.5 Å². The zero-order chi connectivity index (χ0) is 19.2. The second-order valence-corrected chi connectivity index (χ2v) is 7.50. The summed E-state index contributed by atoms with van der Waals surface area (Å²) in [5.41, 5.74) is 3.00. The minimum absolute atomic E-state index is 0.338. The van der Waals surface area contributed by atoms with Crippen molar-refractivity contribution in [2.75, 3.05) is 0 Å². The fraction of sp³-hybridized carbons (Fsp3) is 0.0455. The molecule has 0 amide bonds. The first-order chi connectivity index (χ1) is 13.1. The Labute approximate surface area is 176 Å². The Kier molecular flexibility index (Phi) is 6.58. The maximum absolute atomic E-state index is 9.59. The summed E-state index contributed by atoms with van der Waals surface area (Å²) < 4.78 is 6.87. The molecule has 0 radical (unpaired) electrons. The molecule has 2 nitrogen and oxygen atoms in total. The van der Waals surface area contributed by atoms with Crippen LogP contribution in [0, 0.1) is 11.3 Å². The zero-order valence-corrected chi connectivity index (χ0v) is 17.2. The van der Waals surface area contributed by atoms with Gasteiger partial charge in [-0.15, -0.1) is 0 Å². The third-order valence-corrected chi connectivity index (χ3v) is 5.00. The van der Waals surface area contributed by atoms with Crippen LogP contribution in [0.25, 0.3) is 11.6 Å². The minimum atomic E-state index is 0.338. The molecule has 0 spiro atoms. The van der Waals surface area contributed by atoms with Crippen molar-refractivity contribution >= 4 is 50.8 Å². The molecule has 3 aromatic carbocycles. The van der Waals surface area contributed by atoms with Gasteiger partial charge in [0, 0.05) is 25.6 Å². The molecule has 0 N–H and O–H groups in total. The van der Waals surface area contributed by atoms with E-state index < -0.39 is 0 Å². The van der Waals surface area contributed by atoms with E-state index in [2.05, 4.69) is 22.0 Å². The number of nitriles is 1. The lowest BCUT2D eigenvalue weighted by Gasteiger charge is -2.11. The number of hydrogen-bond acceptors (Lipinski definition) is 2. The number of allylic oxidation sites excluding steroid dienone is 1. The summed E-state index contributed by atoms with van der Waals surface area (Å²) in [7, 11) is 0. The summed E-state index contributed by atoms with van der Waals surface area (Å²) in [6.07, 6.45) is 1.80. The largest absolute Gasteiger partial charge is 0.488 e. The maximum atomic E-state index is 9.59. The van der Waals surface area contributed by atoms with E-state index in [0.29, 0.717) is 28.0 Å². The molecule has 0 saturated heterocycles. The van der Waals surface area contributed by atoms with Crippen molar-refractivity contribution in [1.82, 2.24) is 0 Å². The Balaban J connectivity index is 1.92. The summed E-state index contributed by atoms with van der Waals surface area (Å²) in [5, 5.41) is 10.9. The van der Waals surface area contributed by atoms with Crippen molar-refractivity contribution in [2.24, 2.45) is 0 Å². The summed E-state index contributed by atoms with van der Waals surface area (Å²) in [4.78, 5) is 0. The topological polar surface area (TPSA) is 33.0 Å². The molecule has 0 aromatic heterocycles. The van der Waals surface area contributed by atoms with Gasteiger partial charge in [0.05, 0.1) is 11.6 Å². The molecule has 0 unspecified atom stereocenters. The van der Waals surface area contributed by atoms with Gasteiger partial charge in [-0.25, -0.2) is 0 Å². The highest BCUT2D eigenvalue weighted by atomic mass is 79.9. The molecule has 134 valence electrons. The van der Waals surface area contributed by atoms with Crippen molar-refractivity contribution in [1.29, 1.82) is 5.26 Å². The van der Waals surface area contributed by atoms with Crippen LogP contribution in [0.3, 0.4) is 0 Å². The van der Waals surface area contributed by atoms with E-state index in [-0.39, 0.29) is 0 Å². The van der Waals surface area contributed by atoms with Crippen molar-refractivity contribution in [2.45, 2.75) is 6.61 Å². The predicted octanol–water partition coefficient (Wildman–Crippen LogP) is 7.40. The van der Waals surface area contributed by atoms with Crippen molar-refractivity contribution < 1.29 is 4.74 Å². The van der Waals surface area contributed by atoms with E-state index in [1.165, 1.54) is 0 Å². The van der Waals surface area contributed by atoms with Gasteiger partial charge in [-0.3, -0.25) is 0 Å². The van der Waals surface area contributed by atoms with Gasteiger partial charge in [0.1, 0.15) is 12.4 Å². The molecule has 5 heteroatoms. The van der Waals surface area contributed by atoms with Gasteiger partial charge < -0.3 is 4.74 Å². The van der Waals surface area contributed by atoms with Crippen LogP contribution in [0.4, 0.5) is 0 Å². The van der Waals surface area contributed by atoms with E-state index in [1.807, 2.05) is 54.6 Å². The van der Waals surface area contributed by atoms with E-state index in [4.69, 9.17) is 27.9 Å². The molecule has 0 aliphatic rings. The number of nitrogens with zero attached hydrogens (tertiary/aromatic N) is 1. The monoisotopic (exact) mass is 457 g/mol. The maximum Gasteiger partial charge on any atom is 0.127 e. The Bertz CT molecular complexity index is 1020. The third kappa shape index (κ3) is 5.14. The predicted molar refractivity (Wildman–Crippen MR) is 115 cm³/mol. The van der Waals surface area contributed by atoms with Crippen molar-refractivity contribution in [3.8, 4) is 11.8 Å². The van der Waals surface area contributed by atoms with E-state index >= 15 is 0 Å². The molecule has 0 heterocycles. The average Bonchev–Trinajstić information content (AvgIpc) is 2.67. The highest BCUT2D eigenvalue weighted by Gasteiger charge is 2.08. The Hall–Kier alpha value is -2.25. The fourth-order valence-corrected chi connectivity index (χ4v) is 3.19. The first-order valence-electron chi connectivity index (χ1n) is 8.10. The average molecular weight is 459 g/mol. The van der Waals surface area contributed by atoms with Crippen LogP contribution in [0.2, 0.25) is 10.0 Å². The third-order valence-electron chi connectivity index (χ3n) is 3.89. The number of hydrogen-bond donors (Lipinski definition) is 0. The van der Waals surface area contributed by atoms with E-state index in [1.54, 1.807) is 18.2 Å². The quantitative estimate of drug-likeness (QED) is 0.294. The SMILES string of the molecule is N#C/C(=C\c1cc(Br)ccc1OCc1ccccc1Cl)c1ccc(Cl)cc1. The molecule has 3 rings (SSSR count). The van der Waals surface area contributed by atoms with E-state index in [0.717, 1.165) is 21.2 Å². The Morgan fingerprint density at radius 2 is 1.78 bits per heavy atom. The molecule has 0 fully saturated rings. The van der Waals surface area contributed by atoms with Gasteiger partial charge >= 0.3 is 0 Å². The van der Waals surface area contributed by atoms with Crippen LogP contribution in [0.15, 0.2) is 71.2 Å². The van der Waals surface area contributed by atoms with Crippen LogP contribution >= 0.6 is 39.1 Å². The first-order valence-corrected chi connectivity index (χ1v) is 9.65. The fourth-order valence-electron chi connectivity index (χ4n) is 2.50. The number of benzene rings is 3. The second-order valence-electron chi connectivity index (χ2n) is 5.74. The van der Waals surface area contributed by atoms with Gasteiger partial charge in [0.2, 0.25) is 0 Å². The number of rotatable bonds is 5. The van der Waals surface area contributed by atoms with Gasteiger partial charge in [0.15, 0.2) is 0 Å². The Morgan fingerprint density at radius 3 is 2.48 bits per heavy atom. The number of ether oxygens (including phenoxy) is 1. The standard InChI is InChI=1S/C22H14BrCl2NO/c23-19-7-10-22(27-14-16-3-1-2-4-21(16)25)17(12-19)11-18(13-26)15-5-8-20(24)9-6-15/h1-12H,14H2/b18-11+. The van der Waals surface area contributed by atoms with Gasteiger partial charge in [0.25, 0.3) is 0 Å². The minimum Gasteiger partial charge on any atom is -0.488 e. The van der Waals surface area contributed by atoms with E-state index in [9.17, 15) is 5.26 Å². The highest BCUT2D eigenvalue weighted by Crippen LogP contribution is 2.29. The lowest BCUT2D eigenvalue weighted by atomic mass is 10.0. The normalized spacial score (nSPS) is 11.1. The van der Waals surface area contributed by atoms with Crippen LogP contribution in [-0.4, -0.2) is 0 Å². The summed E-state index contributed by atoms with van der Waals surface area (Å²) in [6, 6.07) is 22.6. The smallest absolute Gasteiger partial charge is 0.127 e. The number of halogens is 3. The molecular weight excluding hydrogens is 445 g/mol. The molecule has 0 atom stereocenters. The highest BCUT2D eigenvalue weighted by molar-refractivity contribution is 9.10. The lowest BCUT2D eigenvalue weighted by molar-refractivity contribution is 0.305. The van der Waals surface area contributed by atoms with Crippen LogP contribution < -0.4 is 4.74 Å². The summed E-state index contributed by atoms with van der Waals surface area (Å²) in [6.45, 7) is 0.338.